The van der Waals surface area contributed by atoms with E-state index in [1.165, 1.54) is 5.56 Å². The molecule has 4 nitrogen and oxygen atoms in total. The maximum atomic E-state index is 11.1. The van der Waals surface area contributed by atoms with Crippen LogP contribution in [0.15, 0.2) is 58.3 Å². The number of hydrogen-bond donors (Lipinski definition) is 0. The van der Waals surface area contributed by atoms with Crippen LogP contribution in [0.2, 0.25) is 0 Å². The highest BCUT2D eigenvalue weighted by Gasteiger charge is 2.39. The van der Waals surface area contributed by atoms with Gasteiger partial charge in [0.15, 0.2) is 0 Å². The first-order valence-electron chi connectivity index (χ1n) is 9.47. The molecule has 0 spiro atoms. The molecule has 1 aromatic carbocycles. The Balaban J connectivity index is 2.04. The number of rotatable bonds is 5. The summed E-state index contributed by atoms with van der Waals surface area (Å²) in [6, 6.07) is 8.10. The highest BCUT2D eigenvalue weighted by atomic mass is 35.5. The van der Waals surface area contributed by atoms with Gasteiger partial charge in [-0.15, -0.1) is 0 Å². The number of fused-ring (bicyclic) bond motifs is 1. The molecule has 2 radical (unpaired) electrons. The van der Waals surface area contributed by atoms with Crippen molar-refractivity contribution in [2.45, 2.75) is 44.9 Å². The molecule has 0 unspecified atom stereocenters. The predicted molar refractivity (Wildman–Crippen MR) is 113 cm³/mol. The zero-order valence-electron chi connectivity index (χ0n) is 16.2. The van der Waals surface area contributed by atoms with Gasteiger partial charge in [0, 0.05) is 34.1 Å². The number of hydrogen-bond acceptors (Lipinski definition) is 4. The molecular weight excluding hydrogens is 394 g/mol. The molecule has 0 bridgehead atoms. The van der Waals surface area contributed by atoms with E-state index in [1.807, 2.05) is 18.2 Å². The summed E-state index contributed by atoms with van der Waals surface area (Å²) in [7, 11) is -4.23. The quantitative estimate of drug-likeness (QED) is 0.637. The summed E-state index contributed by atoms with van der Waals surface area (Å²) < 4.78 is 33.2. The number of benzene rings is 1. The summed E-state index contributed by atoms with van der Waals surface area (Å²) >= 11 is 6.59. The summed E-state index contributed by atoms with van der Waals surface area (Å²) in [5, 5.41) is 0.704. The van der Waals surface area contributed by atoms with E-state index in [2.05, 4.69) is 30.9 Å². The minimum atomic E-state index is -4.23. The van der Waals surface area contributed by atoms with Crippen molar-refractivity contribution in [3.63, 3.8) is 0 Å². The Kier molecular flexibility index (Phi) is 6.08. The van der Waals surface area contributed by atoms with Crippen LogP contribution in [0.1, 0.15) is 45.1 Å². The third-order valence-electron chi connectivity index (χ3n) is 5.54. The van der Waals surface area contributed by atoms with E-state index in [-0.39, 0.29) is 17.6 Å². The zero-order chi connectivity index (χ0) is 20.5. The van der Waals surface area contributed by atoms with Crippen molar-refractivity contribution >= 4 is 27.4 Å². The van der Waals surface area contributed by atoms with Crippen LogP contribution in [-0.2, 0) is 15.5 Å². The Morgan fingerprint density at radius 2 is 2.00 bits per heavy atom. The topological polar surface area (TPSA) is 60.4 Å². The Labute approximate surface area is 173 Å². The van der Waals surface area contributed by atoms with Crippen molar-refractivity contribution in [3.05, 3.63) is 70.8 Å². The van der Waals surface area contributed by atoms with E-state index < -0.39 is 10.1 Å². The van der Waals surface area contributed by atoms with Crippen LogP contribution in [0.25, 0.3) is 0 Å². The zero-order valence-corrected chi connectivity index (χ0v) is 17.8. The third-order valence-corrected chi connectivity index (χ3v) is 6.82. The normalized spacial score (nSPS) is 22.2. The molecule has 0 atom stereocenters. The number of halogens is 1. The Morgan fingerprint density at radius 3 is 2.68 bits per heavy atom. The molecular formula is C22H25ClNO3S-. The molecule has 2 aliphatic rings. The van der Waals surface area contributed by atoms with Gasteiger partial charge in [0.1, 0.15) is 0 Å². The lowest BCUT2D eigenvalue weighted by atomic mass is 9.82. The van der Waals surface area contributed by atoms with Crippen LogP contribution in [0.5, 0.6) is 0 Å². The number of para-hydroxylation sites is 1. The van der Waals surface area contributed by atoms with Crippen LogP contribution < -0.4 is 4.90 Å². The standard InChI is InChI=1S/C22H26ClNO3S/c1-4-16-9-7-10-17(21(16)23)15-20-22(2,3)18-11-5-6-12-19(18)24(20)13-8-14-28(25,26)27/h1,4-6,11-12,15H,7-10,13-14H2,2-3H3,(H,25,26,27)/p-1/b16-4+,20-15-. The van der Waals surface area contributed by atoms with E-state index in [4.69, 9.17) is 18.5 Å². The van der Waals surface area contributed by atoms with Gasteiger partial charge in [-0.1, -0.05) is 49.7 Å². The molecule has 6 heteroatoms. The molecule has 0 saturated heterocycles. The van der Waals surface area contributed by atoms with E-state index in [0.717, 1.165) is 41.8 Å². The summed E-state index contributed by atoms with van der Waals surface area (Å²) in [5.41, 5.74) is 5.01. The van der Waals surface area contributed by atoms with E-state index in [0.29, 0.717) is 11.6 Å². The van der Waals surface area contributed by atoms with Gasteiger partial charge in [0.05, 0.1) is 10.1 Å². The van der Waals surface area contributed by atoms with Crippen LogP contribution in [-0.4, -0.2) is 25.3 Å². The van der Waals surface area contributed by atoms with Gasteiger partial charge < -0.3 is 9.45 Å². The van der Waals surface area contributed by atoms with Crippen molar-refractivity contribution in [2.75, 3.05) is 17.2 Å². The lowest BCUT2D eigenvalue weighted by molar-refractivity contribution is 0.461. The predicted octanol–water partition coefficient (Wildman–Crippen LogP) is 4.92. The second-order valence-corrected chi connectivity index (χ2v) is 9.72. The molecule has 1 aliphatic carbocycles. The van der Waals surface area contributed by atoms with E-state index in [1.54, 1.807) is 6.08 Å². The second kappa shape index (κ2) is 8.05. The highest BCUT2D eigenvalue weighted by Crippen LogP contribution is 2.48. The van der Waals surface area contributed by atoms with Gasteiger partial charge in [-0.05, 0) is 61.5 Å². The van der Waals surface area contributed by atoms with E-state index >= 15 is 0 Å². The van der Waals surface area contributed by atoms with Gasteiger partial charge >= 0.3 is 0 Å². The van der Waals surface area contributed by atoms with Gasteiger partial charge in [-0.2, -0.15) is 0 Å². The van der Waals surface area contributed by atoms with Gasteiger partial charge in [0.25, 0.3) is 0 Å². The van der Waals surface area contributed by atoms with E-state index in [9.17, 15) is 13.0 Å². The molecule has 3 rings (SSSR count). The first kappa shape index (κ1) is 21.2. The smallest absolute Gasteiger partial charge is 0.0946 e. The molecule has 0 N–H and O–H groups in total. The molecule has 1 aliphatic heterocycles. The minimum absolute atomic E-state index is 0.263. The van der Waals surface area contributed by atoms with Gasteiger partial charge in [-0.3, -0.25) is 0 Å². The fourth-order valence-corrected chi connectivity index (χ4v) is 4.88. The average Bonchev–Trinajstić information content (AvgIpc) is 2.84. The molecule has 0 fully saturated rings. The Morgan fingerprint density at radius 1 is 1.29 bits per heavy atom. The lowest BCUT2D eigenvalue weighted by Crippen LogP contribution is -2.28. The van der Waals surface area contributed by atoms with Gasteiger partial charge in [0.2, 0.25) is 0 Å². The SMILES string of the molecule is [CH]/C=C1\CCCC(/C=C2\N(CCCS(=O)(=O)[O-])c3ccccc3C2(C)C)=C1Cl. The highest BCUT2D eigenvalue weighted by molar-refractivity contribution is 7.85. The molecule has 1 aromatic rings. The minimum Gasteiger partial charge on any atom is -0.748 e. The number of nitrogens with zero attached hydrogens (tertiary/aromatic N) is 1. The molecule has 1 heterocycles. The lowest BCUT2D eigenvalue weighted by Gasteiger charge is -2.29. The number of allylic oxidation sites excluding steroid dienone is 6. The second-order valence-electron chi connectivity index (χ2n) is 7.82. The van der Waals surface area contributed by atoms with Crippen molar-refractivity contribution in [1.82, 2.24) is 0 Å². The Hall–Kier alpha value is -1.56. The fraction of sp³-hybridized carbons (Fsp3) is 0.409. The van der Waals surface area contributed by atoms with Crippen molar-refractivity contribution < 1.29 is 13.0 Å². The summed E-state index contributed by atoms with van der Waals surface area (Å²) in [5.74, 6) is -0.372. The third kappa shape index (κ3) is 4.22. The van der Waals surface area contributed by atoms with Crippen LogP contribution in [0, 0.1) is 6.92 Å². The number of anilines is 1. The molecule has 150 valence electrons. The average molecular weight is 419 g/mol. The molecule has 0 saturated carbocycles. The fourth-order valence-electron chi connectivity index (χ4n) is 4.09. The first-order valence-corrected chi connectivity index (χ1v) is 11.4. The largest absolute Gasteiger partial charge is 0.748 e. The van der Waals surface area contributed by atoms with Crippen molar-refractivity contribution in [2.24, 2.45) is 0 Å². The summed E-state index contributed by atoms with van der Waals surface area (Å²) in [6.07, 6.45) is 6.70. The van der Waals surface area contributed by atoms with Crippen LogP contribution >= 0.6 is 11.6 Å². The maximum absolute atomic E-state index is 11.1. The van der Waals surface area contributed by atoms with Crippen LogP contribution in [0.4, 0.5) is 5.69 Å². The molecule has 28 heavy (non-hydrogen) atoms. The monoisotopic (exact) mass is 418 g/mol. The maximum Gasteiger partial charge on any atom is 0.0946 e. The Bertz CT molecular complexity index is 958. The van der Waals surface area contributed by atoms with Crippen molar-refractivity contribution in [3.8, 4) is 0 Å². The molecule has 0 aromatic heterocycles. The summed E-state index contributed by atoms with van der Waals surface area (Å²) in [6.45, 7) is 10.5. The van der Waals surface area contributed by atoms with Gasteiger partial charge in [-0.25, -0.2) is 8.42 Å². The van der Waals surface area contributed by atoms with Crippen molar-refractivity contribution in [1.29, 1.82) is 0 Å². The first-order chi connectivity index (χ1) is 13.1. The molecule has 0 amide bonds. The van der Waals surface area contributed by atoms with Crippen LogP contribution in [0.3, 0.4) is 0 Å². The summed E-state index contributed by atoms with van der Waals surface area (Å²) in [4.78, 5) is 2.12.